The summed E-state index contributed by atoms with van der Waals surface area (Å²) in [6.45, 7) is 2.35. The third-order valence-corrected chi connectivity index (χ3v) is 7.54. The van der Waals surface area contributed by atoms with E-state index in [4.69, 9.17) is 9.47 Å². The summed E-state index contributed by atoms with van der Waals surface area (Å²) in [6, 6.07) is 3.42. The topological polar surface area (TPSA) is 48.4 Å². The largest absolute Gasteiger partial charge is 0.465 e. The zero-order valence-electron chi connectivity index (χ0n) is 16.8. The summed E-state index contributed by atoms with van der Waals surface area (Å²) < 4.78 is 10.7. The Kier molecular flexibility index (Phi) is 4.53. The molecule has 4 saturated carbocycles. The quantitative estimate of drug-likeness (QED) is 0.677. The molecule has 4 fully saturated rings. The van der Waals surface area contributed by atoms with Crippen LogP contribution in [0.15, 0.2) is 41.8 Å². The number of methoxy groups -OCH3 is 1. The Labute approximate surface area is 167 Å². The van der Waals surface area contributed by atoms with Crippen molar-refractivity contribution in [2.75, 3.05) is 7.11 Å². The summed E-state index contributed by atoms with van der Waals surface area (Å²) in [7, 11) is 1.37. The number of esters is 1. The van der Waals surface area contributed by atoms with Gasteiger partial charge in [-0.3, -0.25) is 0 Å². The van der Waals surface area contributed by atoms with E-state index in [1.54, 1.807) is 17.7 Å². The normalized spacial score (nSPS) is 35.9. The first-order chi connectivity index (χ1) is 13.6. The molecular weight excluding hydrogens is 350 g/mol. The first kappa shape index (κ1) is 18.0. The monoisotopic (exact) mass is 379 g/mol. The molecule has 0 aromatic carbocycles. The number of ether oxygens (including phenoxy) is 2. The molecule has 0 N–H and O–H groups in total. The third kappa shape index (κ3) is 3.17. The van der Waals surface area contributed by atoms with E-state index in [1.165, 1.54) is 45.4 Å². The van der Waals surface area contributed by atoms with Gasteiger partial charge in [0.2, 0.25) is 5.88 Å². The molecule has 1 atom stereocenters. The van der Waals surface area contributed by atoms with Gasteiger partial charge in [-0.2, -0.15) is 0 Å². The Hall–Kier alpha value is -2.10. The molecule has 28 heavy (non-hydrogen) atoms. The number of hydrogen-bond acceptors (Lipinski definition) is 4. The lowest BCUT2D eigenvalue weighted by Gasteiger charge is -2.56. The molecule has 0 saturated heterocycles. The number of carbonyl (C=O) groups excluding carboxylic acids is 1. The van der Waals surface area contributed by atoms with Crippen LogP contribution in [0.5, 0.6) is 5.88 Å². The number of pyridine rings is 1. The number of nitrogens with zero attached hydrogens (tertiary/aromatic N) is 1. The van der Waals surface area contributed by atoms with Gasteiger partial charge in [0.05, 0.1) is 12.7 Å². The highest BCUT2D eigenvalue weighted by atomic mass is 16.5. The second kappa shape index (κ2) is 7.06. The first-order valence-corrected chi connectivity index (χ1v) is 10.7. The Balaban J connectivity index is 1.30. The van der Waals surface area contributed by atoms with Crippen molar-refractivity contribution in [2.45, 2.75) is 45.4 Å². The highest BCUT2D eigenvalue weighted by Crippen LogP contribution is 2.59. The zero-order chi connectivity index (χ0) is 19.3. The highest BCUT2D eigenvalue weighted by molar-refractivity contribution is 5.88. The maximum absolute atomic E-state index is 11.5. The Morgan fingerprint density at radius 1 is 1.04 bits per heavy atom. The van der Waals surface area contributed by atoms with E-state index in [-0.39, 0.29) is 5.97 Å². The van der Waals surface area contributed by atoms with Crippen molar-refractivity contribution in [3.05, 3.63) is 47.4 Å². The summed E-state index contributed by atoms with van der Waals surface area (Å²) in [5, 5.41) is 0. The number of carbonyl (C=O) groups is 1. The minimum atomic E-state index is -0.382. The van der Waals surface area contributed by atoms with Crippen molar-refractivity contribution in [2.24, 2.45) is 35.5 Å². The maximum Gasteiger partial charge on any atom is 0.339 e. The van der Waals surface area contributed by atoms with Crippen molar-refractivity contribution < 1.29 is 14.3 Å². The van der Waals surface area contributed by atoms with Crippen molar-refractivity contribution in [1.29, 1.82) is 0 Å². The average molecular weight is 380 g/mol. The summed E-state index contributed by atoms with van der Waals surface area (Å²) in [6.07, 6.45) is 14.3. The molecule has 0 spiro atoms. The van der Waals surface area contributed by atoms with Crippen LogP contribution in [0.3, 0.4) is 0 Å². The van der Waals surface area contributed by atoms with Gasteiger partial charge in [-0.25, -0.2) is 9.78 Å². The van der Waals surface area contributed by atoms with Gasteiger partial charge < -0.3 is 9.47 Å². The minimum Gasteiger partial charge on any atom is -0.465 e. The third-order valence-electron chi connectivity index (χ3n) is 7.54. The van der Waals surface area contributed by atoms with Crippen molar-refractivity contribution in [3.8, 4) is 5.88 Å². The fraction of sp³-hybridized carbons (Fsp3) is 0.583. The molecule has 1 aromatic heterocycles. The molecule has 0 radical (unpaired) electrons. The summed E-state index contributed by atoms with van der Waals surface area (Å²) in [5.41, 5.74) is 2.10. The van der Waals surface area contributed by atoms with Crippen molar-refractivity contribution in [3.63, 3.8) is 0 Å². The molecule has 1 unspecified atom stereocenters. The Morgan fingerprint density at radius 3 is 2.32 bits per heavy atom. The van der Waals surface area contributed by atoms with E-state index < -0.39 is 0 Å². The molecule has 5 aliphatic carbocycles. The molecule has 1 aromatic rings. The van der Waals surface area contributed by atoms with E-state index in [9.17, 15) is 4.79 Å². The maximum atomic E-state index is 11.5. The molecule has 4 nitrogen and oxygen atoms in total. The van der Waals surface area contributed by atoms with Gasteiger partial charge in [0.1, 0.15) is 5.76 Å². The van der Waals surface area contributed by atoms with Crippen LogP contribution in [0.4, 0.5) is 0 Å². The van der Waals surface area contributed by atoms with Crippen LogP contribution in [0.1, 0.15) is 55.8 Å². The average Bonchev–Trinajstić information content (AvgIpc) is 2.68. The number of aromatic nitrogens is 1. The SMILES string of the molecule is COC(=O)c1ccc(OC2=CC=C(C3C4CC5CC(C4)CC3C5)C(C)C2)nc1. The Morgan fingerprint density at radius 2 is 1.75 bits per heavy atom. The predicted molar refractivity (Wildman–Crippen MR) is 107 cm³/mol. The molecule has 0 amide bonds. The lowest BCUT2D eigenvalue weighted by Crippen LogP contribution is -2.46. The van der Waals surface area contributed by atoms with Crippen LogP contribution >= 0.6 is 0 Å². The van der Waals surface area contributed by atoms with Gasteiger partial charge in [0, 0.05) is 18.7 Å². The molecule has 4 bridgehead atoms. The fourth-order valence-corrected chi connectivity index (χ4v) is 6.64. The number of hydrogen-bond donors (Lipinski definition) is 0. The van der Waals surface area contributed by atoms with Crippen LogP contribution in [0.2, 0.25) is 0 Å². The highest BCUT2D eigenvalue weighted by Gasteiger charge is 2.49. The summed E-state index contributed by atoms with van der Waals surface area (Å²) in [5.74, 6) is 6.32. The van der Waals surface area contributed by atoms with E-state index in [0.717, 1.165) is 41.8 Å². The van der Waals surface area contributed by atoms with Crippen LogP contribution in [0.25, 0.3) is 0 Å². The predicted octanol–water partition coefficient (Wildman–Crippen LogP) is 5.17. The number of allylic oxidation sites excluding steroid dienone is 4. The van der Waals surface area contributed by atoms with Gasteiger partial charge >= 0.3 is 5.97 Å². The molecule has 0 aliphatic heterocycles. The van der Waals surface area contributed by atoms with Gasteiger partial charge in [-0.15, -0.1) is 0 Å². The lowest BCUT2D eigenvalue weighted by molar-refractivity contribution is -0.0243. The van der Waals surface area contributed by atoms with E-state index in [0.29, 0.717) is 17.4 Å². The molecule has 5 aliphatic rings. The van der Waals surface area contributed by atoms with Gasteiger partial charge in [-0.05, 0) is 79.8 Å². The van der Waals surface area contributed by atoms with Crippen molar-refractivity contribution >= 4 is 5.97 Å². The smallest absolute Gasteiger partial charge is 0.339 e. The summed E-state index contributed by atoms with van der Waals surface area (Å²) >= 11 is 0. The second-order valence-electron chi connectivity index (χ2n) is 9.34. The van der Waals surface area contributed by atoms with E-state index in [2.05, 4.69) is 24.1 Å². The van der Waals surface area contributed by atoms with Crippen LogP contribution in [0, 0.1) is 35.5 Å². The van der Waals surface area contributed by atoms with Crippen molar-refractivity contribution in [1.82, 2.24) is 4.98 Å². The summed E-state index contributed by atoms with van der Waals surface area (Å²) in [4.78, 5) is 15.8. The van der Waals surface area contributed by atoms with E-state index >= 15 is 0 Å². The van der Waals surface area contributed by atoms with Gasteiger partial charge in [0.15, 0.2) is 0 Å². The molecule has 148 valence electrons. The molecule has 4 heteroatoms. The second-order valence-corrected chi connectivity index (χ2v) is 9.34. The zero-order valence-corrected chi connectivity index (χ0v) is 16.8. The molecular formula is C24H29NO3. The minimum absolute atomic E-state index is 0.382. The van der Waals surface area contributed by atoms with Crippen LogP contribution in [-0.2, 0) is 4.74 Å². The van der Waals surface area contributed by atoms with Crippen LogP contribution in [-0.4, -0.2) is 18.1 Å². The standard InChI is InChI=1S/C24H29NO3/c1-14-7-20(28-22-6-3-17(13-25-22)24(26)27-2)4-5-21(14)23-18-9-15-8-16(11-18)12-19(23)10-15/h3-6,13-16,18-19,23H,7-12H2,1-2H3. The first-order valence-electron chi connectivity index (χ1n) is 10.7. The van der Waals surface area contributed by atoms with Gasteiger partial charge in [0.25, 0.3) is 0 Å². The Bertz CT molecular complexity index is 795. The molecule has 1 heterocycles. The van der Waals surface area contributed by atoms with E-state index in [1.807, 2.05) is 0 Å². The number of rotatable bonds is 4. The van der Waals surface area contributed by atoms with Gasteiger partial charge in [-0.1, -0.05) is 18.6 Å². The molecule has 6 rings (SSSR count). The van der Waals surface area contributed by atoms with Crippen LogP contribution < -0.4 is 4.74 Å². The lowest BCUT2D eigenvalue weighted by atomic mass is 9.49. The fourth-order valence-electron chi connectivity index (χ4n) is 6.64.